The van der Waals surface area contributed by atoms with Crippen LogP contribution in [0.25, 0.3) is 22.6 Å². The van der Waals surface area contributed by atoms with Crippen LogP contribution in [-0.2, 0) is 10.2 Å². The Hall–Kier alpha value is -4.26. The molecule has 34 heavy (non-hydrogen) atoms. The number of hydrogen-bond acceptors (Lipinski definition) is 6. The van der Waals surface area contributed by atoms with Crippen molar-refractivity contribution in [3.63, 3.8) is 0 Å². The Balaban J connectivity index is 1.48. The minimum Gasteiger partial charge on any atom is -0.481 e. The predicted molar refractivity (Wildman–Crippen MR) is 130 cm³/mol. The second kappa shape index (κ2) is 8.94. The van der Waals surface area contributed by atoms with E-state index in [0.29, 0.717) is 30.4 Å². The fraction of sp³-hybridized carbons (Fsp3) is 0.185. The van der Waals surface area contributed by atoms with Crippen LogP contribution in [-0.4, -0.2) is 33.1 Å². The first-order chi connectivity index (χ1) is 16.6. The second-order valence-corrected chi connectivity index (χ2v) is 8.36. The van der Waals surface area contributed by atoms with Crippen molar-refractivity contribution in [2.75, 3.05) is 12.4 Å². The van der Waals surface area contributed by atoms with Gasteiger partial charge in [-0.15, -0.1) is 0 Å². The zero-order chi connectivity index (χ0) is 23.5. The molecule has 2 heterocycles. The molecule has 7 nitrogen and oxygen atoms in total. The molecule has 0 unspecified atom stereocenters. The number of nitrogens with one attached hydrogen (secondary N) is 1. The zero-order valence-electron chi connectivity index (χ0n) is 18.7. The maximum absolute atomic E-state index is 11.8. The standard InChI is InChI=1S/C27H24N4O3/c1-34-24-13-8-19(17-28-24)25-30-22(18-6-3-2-4-7-18)16-23(31-25)29-21-11-9-20(10-12-21)27(26(32)33)14-5-15-27/h2-4,6-13,16-17H,5,14-15H2,1H3,(H,32,33)(H,29,30,31). The van der Waals surface area contributed by atoms with Gasteiger partial charge in [0.25, 0.3) is 0 Å². The minimum atomic E-state index is -0.750. The Morgan fingerprint density at radius 2 is 1.74 bits per heavy atom. The summed E-state index contributed by atoms with van der Waals surface area (Å²) in [6.07, 6.45) is 3.99. The fourth-order valence-electron chi connectivity index (χ4n) is 4.21. The summed E-state index contributed by atoms with van der Waals surface area (Å²) in [4.78, 5) is 25.6. The van der Waals surface area contributed by atoms with Crippen molar-refractivity contribution in [3.05, 3.63) is 84.6 Å². The van der Waals surface area contributed by atoms with E-state index in [1.807, 2.05) is 66.7 Å². The summed E-state index contributed by atoms with van der Waals surface area (Å²) in [6.45, 7) is 0. The normalized spacial score (nSPS) is 14.1. The first-order valence-corrected chi connectivity index (χ1v) is 11.1. The number of rotatable bonds is 7. The van der Waals surface area contributed by atoms with Crippen LogP contribution in [0.15, 0.2) is 79.0 Å². The lowest BCUT2D eigenvalue weighted by molar-refractivity contribution is -0.147. The van der Waals surface area contributed by atoms with Gasteiger partial charge in [-0.1, -0.05) is 48.9 Å². The Kier molecular flexibility index (Phi) is 5.67. The highest BCUT2D eigenvalue weighted by Gasteiger charge is 2.45. The number of aliphatic carboxylic acids is 1. The van der Waals surface area contributed by atoms with E-state index < -0.39 is 11.4 Å². The first kappa shape index (κ1) is 21.6. The van der Waals surface area contributed by atoms with Crippen molar-refractivity contribution in [1.29, 1.82) is 0 Å². The number of carboxylic acids is 1. The van der Waals surface area contributed by atoms with Crippen molar-refractivity contribution < 1.29 is 14.6 Å². The average molecular weight is 453 g/mol. The maximum atomic E-state index is 11.8. The molecule has 1 aliphatic rings. The Morgan fingerprint density at radius 3 is 2.32 bits per heavy atom. The van der Waals surface area contributed by atoms with E-state index in [9.17, 15) is 9.90 Å². The lowest BCUT2D eigenvalue weighted by Gasteiger charge is -2.38. The van der Waals surface area contributed by atoms with E-state index in [4.69, 9.17) is 14.7 Å². The molecule has 0 bridgehead atoms. The topological polar surface area (TPSA) is 97.2 Å². The highest BCUT2D eigenvalue weighted by Crippen LogP contribution is 2.44. The summed E-state index contributed by atoms with van der Waals surface area (Å²) >= 11 is 0. The number of hydrogen-bond donors (Lipinski definition) is 2. The molecule has 2 aromatic heterocycles. The molecule has 0 radical (unpaired) electrons. The molecular weight excluding hydrogens is 428 g/mol. The summed E-state index contributed by atoms with van der Waals surface area (Å²) in [6, 6.07) is 23.0. The summed E-state index contributed by atoms with van der Waals surface area (Å²) in [5.74, 6) is 0.937. The number of pyridine rings is 1. The maximum Gasteiger partial charge on any atom is 0.314 e. The second-order valence-electron chi connectivity index (χ2n) is 8.36. The molecule has 1 aliphatic carbocycles. The first-order valence-electron chi connectivity index (χ1n) is 11.1. The molecule has 0 saturated heterocycles. The van der Waals surface area contributed by atoms with Gasteiger partial charge in [0.15, 0.2) is 5.82 Å². The van der Waals surface area contributed by atoms with Crippen LogP contribution in [0.4, 0.5) is 11.5 Å². The molecule has 1 fully saturated rings. The quantitative estimate of drug-likeness (QED) is 0.384. The van der Waals surface area contributed by atoms with Gasteiger partial charge < -0.3 is 15.2 Å². The zero-order valence-corrected chi connectivity index (χ0v) is 18.7. The fourth-order valence-corrected chi connectivity index (χ4v) is 4.21. The van der Waals surface area contributed by atoms with E-state index in [1.165, 1.54) is 0 Å². The van der Waals surface area contributed by atoms with Crippen LogP contribution in [0.1, 0.15) is 24.8 Å². The number of methoxy groups -OCH3 is 1. The van der Waals surface area contributed by atoms with Gasteiger partial charge in [-0.3, -0.25) is 4.79 Å². The van der Waals surface area contributed by atoms with Gasteiger partial charge in [0.2, 0.25) is 5.88 Å². The molecule has 1 saturated carbocycles. The van der Waals surface area contributed by atoms with Crippen LogP contribution in [0, 0.1) is 0 Å². The molecule has 7 heteroatoms. The summed E-state index contributed by atoms with van der Waals surface area (Å²) in [5, 5.41) is 13.1. The Bertz CT molecular complexity index is 1300. The third-order valence-electron chi connectivity index (χ3n) is 6.33. The minimum absolute atomic E-state index is 0.520. The van der Waals surface area contributed by atoms with Crippen molar-refractivity contribution in [2.24, 2.45) is 0 Å². The predicted octanol–water partition coefficient (Wildman–Crippen LogP) is 5.46. The molecule has 4 aromatic rings. The van der Waals surface area contributed by atoms with Gasteiger partial charge in [-0.2, -0.15) is 0 Å². The van der Waals surface area contributed by atoms with E-state index in [0.717, 1.165) is 34.5 Å². The van der Waals surface area contributed by atoms with Crippen molar-refractivity contribution in [3.8, 4) is 28.5 Å². The van der Waals surface area contributed by atoms with Gasteiger partial charge in [0.1, 0.15) is 5.82 Å². The van der Waals surface area contributed by atoms with Crippen molar-refractivity contribution >= 4 is 17.5 Å². The van der Waals surface area contributed by atoms with E-state index in [2.05, 4.69) is 10.3 Å². The number of ether oxygens (including phenoxy) is 1. The summed E-state index contributed by atoms with van der Waals surface area (Å²) in [5.41, 5.74) is 3.43. The lowest BCUT2D eigenvalue weighted by Crippen LogP contribution is -2.42. The number of benzene rings is 2. The van der Waals surface area contributed by atoms with Crippen LogP contribution in [0.5, 0.6) is 5.88 Å². The van der Waals surface area contributed by atoms with Crippen molar-refractivity contribution in [1.82, 2.24) is 15.0 Å². The van der Waals surface area contributed by atoms with Crippen LogP contribution < -0.4 is 10.1 Å². The highest BCUT2D eigenvalue weighted by molar-refractivity contribution is 5.83. The van der Waals surface area contributed by atoms with E-state index >= 15 is 0 Å². The molecule has 170 valence electrons. The lowest BCUT2D eigenvalue weighted by atomic mass is 9.64. The molecule has 5 rings (SSSR count). The van der Waals surface area contributed by atoms with Gasteiger partial charge in [0, 0.05) is 35.1 Å². The molecule has 2 N–H and O–H groups in total. The Morgan fingerprint density at radius 1 is 0.971 bits per heavy atom. The number of anilines is 2. The molecule has 0 spiro atoms. The number of carbonyl (C=O) groups is 1. The van der Waals surface area contributed by atoms with Crippen LogP contribution in [0.2, 0.25) is 0 Å². The molecule has 2 aromatic carbocycles. The molecular formula is C27H24N4O3. The average Bonchev–Trinajstić information content (AvgIpc) is 2.84. The summed E-state index contributed by atoms with van der Waals surface area (Å²) in [7, 11) is 1.57. The number of carboxylic acid groups (broad SMARTS) is 1. The number of aromatic nitrogens is 3. The third kappa shape index (κ3) is 4.08. The van der Waals surface area contributed by atoms with Crippen LogP contribution >= 0.6 is 0 Å². The van der Waals surface area contributed by atoms with Gasteiger partial charge in [-0.05, 0) is 36.6 Å². The van der Waals surface area contributed by atoms with Crippen molar-refractivity contribution in [2.45, 2.75) is 24.7 Å². The molecule has 0 atom stereocenters. The molecule has 0 aliphatic heterocycles. The number of nitrogens with zero attached hydrogens (tertiary/aromatic N) is 3. The third-order valence-corrected chi connectivity index (χ3v) is 6.33. The smallest absolute Gasteiger partial charge is 0.314 e. The SMILES string of the molecule is COc1ccc(-c2nc(Nc3ccc(C4(C(=O)O)CCC4)cc3)cc(-c3ccccc3)n2)cn1. The Labute approximate surface area is 197 Å². The van der Waals surface area contributed by atoms with Gasteiger partial charge in [0.05, 0.1) is 18.2 Å². The van der Waals surface area contributed by atoms with Gasteiger partial charge >= 0.3 is 5.97 Å². The molecule has 0 amide bonds. The van der Waals surface area contributed by atoms with Gasteiger partial charge in [-0.25, -0.2) is 15.0 Å². The monoisotopic (exact) mass is 452 g/mol. The highest BCUT2D eigenvalue weighted by atomic mass is 16.5. The van der Waals surface area contributed by atoms with Crippen LogP contribution in [0.3, 0.4) is 0 Å². The largest absolute Gasteiger partial charge is 0.481 e. The summed E-state index contributed by atoms with van der Waals surface area (Å²) < 4.78 is 5.16. The van der Waals surface area contributed by atoms with E-state index in [-0.39, 0.29) is 0 Å². The van der Waals surface area contributed by atoms with E-state index in [1.54, 1.807) is 19.4 Å².